The maximum absolute atomic E-state index is 6.05. The van der Waals surface area contributed by atoms with Gasteiger partial charge in [0.1, 0.15) is 0 Å². The van der Waals surface area contributed by atoms with Crippen molar-refractivity contribution in [2.45, 2.75) is 43.9 Å². The molecule has 0 N–H and O–H groups in total. The van der Waals surface area contributed by atoms with Gasteiger partial charge in [-0.2, -0.15) is 0 Å². The standard InChI is InChI=1S/C18H26N2O2/c1-2-10-22-18-5-9-20(16-6-11-21-12-7-16)17(18)13-15-4-3-8-19-14-15/h2-4,8,14,16-18H,1,5-7,9-13H2/t17-,18-/m1/s1. The summed E-state index contributed by atoms with van der Waals surface area (Å²) in [4.78, 5) is 6.91. The van der Waals surface area contributed by atoms with E-state index in [0.29, 0.717) is 24.8 Å². The zero-order valence-corrected chi connectivity index (χ0v) is 13.2. The van der Waals surface area contributed by atoms with Crippen LogP contribution in [0.25, 0.3) is 0 Å². The van der Waals surface area contributed by atoms with Crippen molar-refractivity contribution >= 4 is 0 Å². The van der Waals surface area contributed by atoms with E-state index in [1.54, 1.807) is 0 Å². The fourth-order valence-corrected chi connectivity index (χ4v) is 3.71. The molecule has 1 aromatic heterocycles. The van der Waals surface area contributed by atoms with Crippen LogP contribution in [0, 0.1) is 0 Å². The average Bonchev–Trinajstić information content (AvgIpc) is 2.97. The topological polar surface area (TPSA) is 34.6 Å². The molecule has 3 rings (SSSR count). The minimum absolute atomic E-state index is 0.293. The molecule has 0 saturated carbocycles. The van der Waals surface area contributed by atoms with Crippen LogP contribution in [0.5, 0.6) is 0 Å². The summed E-state index contributed by atoms with van der Waals surface area (Å²) >= 11 is 0. The number of hydrogen-bond acceptors (Lipinski definition) is 4. The van der Waals surface area contributed by atoms with E-state index in [1.165, 1.54) is 5.56 Å². The Morgan fingerprint density at radius 1 is 1.36 bits per heavy atom. The van der Waals surface area contributed by atoms with Gasteiger partial charge in [-0.05, 0) is 37.3 Å². The maximum Gasteiger partial charge on any atom is 0.0750 e. The SMILES string of the molecule is C=CCO[C@@H]1CCN(C2CCOCC2)[C@@H]1Cc1cccnc1. The van der Waals surface area contributed by atoms with E-state index < -0.39 is 0 Å². The molecule has 1 aromatic rings. The minimum atomic E-state index is 0.293. The van der Waals surface area contributed by atoms with Crippen LogP contribution in [-0.4, -0.2) is 54.4 Å². The quantitative estimate of drug-likeness (QED) is 0.756. The molecule has 120 valence electrons. The number of pyridine rings is 1. The highest BCUT2D eigenvalue weighted by Gasteiger charge is 2.38. The minimum Gasteiger partial charge on any atom is -0.381 e. The molecule has 4 heteroatoms. The van der Waals surface area contributed by atoms with Crippen LogP contribution >= 0.6 is 0 Å². The van der Waals surface area contributed by atoms with Crippen molar-refractivity contribution in [1.29, 1.82) is 0 Å². The van der Waals surface area contributed by atoms with E-state index in [-0.39, 0.29) is 0 Å². The fraction of sp³-hybridized carbons (Fsp3) is 0.611. The zero-order valence-electron chi connectivity index (χ0n) is 13.2. The Morgan fingerprint density at radius 3 is 2.95 bits per heavy atom. The van der Waals surface area contributed by atoms with Gasteiger partial charge in [0.2, 0.25) is 0 Å². The molecule has 0 aromatic carbocycles. The van der Waals surface area contributed by atoms with Crippen LogP contribution in [0.3, 0.4) is 0 Å². The Labute approximate surface area is 133 Å². The lowest BCUT2D eigenvalue weighted by Gasteiger charge is -2.36. The predicted molar refractivity (Wildman–Crippen MR) is 86.8 cm³/mol. The number of rotatable bonds is 6. The molecule has 3 heterocycles. The van der Waals surface area contributed by atoms with Gasteiger partial charge in [0.05, 0.1) is 12.7 Å². The lowest BCUT2D eigenvalue weighted by atomic mass is 10.00. The monoisotopic (exact) mass is 302 g/mol. The summed E-state index contributed by atoms with van der Waals surface area (Å²) in [6.45, 7) is 7.31. The molecule has 0 bridgehead atoms. The number of ether oxygens (including phenoxy) is 2. The van der Waals surface area contributed by atoms with Gasteiger partial charge in [0, 0.05) is 44.2 Å². The van der Waals surface area contributed by atoms with E-state index in [4.69, 9.17) is 9.47 Å². The maximum atomic E-state index is 6.05. The Morgan fingerprint density at radius 2 is 2.23 bits per heavy atom. The summed E-state index contributed by atoms with van der Waals surface area (Å²) in [5, 5.41) is 0. The molecule has 0 radical (unpaired) electrons. The zero-order chi connectivity index (χ0) is 15.2. The molecule has 0 amide bonds. The van der Waals surface area contributed by atoms with Gasteiger partial charge in [-0.15, -0.1) is 6.58 Å². The molecule has 2 aliphatic rings. The van der Waals surface area contributed by atoms with E-state index in [0.717, 1.165) is 45.4 Å². The van der Waals surface area contributed by atoms with Crippen LogP contribution in [0.1, 0.15) is 24.8 Å². The van der Waals surface area contributed by atoms with E-state index in [1.807, 2.05) is 24.5 Å². The number of aromatic nitrogens is 1. The smallest absolute Gasteiger partial charge is 0.0750 e. The number of hydrogen-bond donors (Lipinski definition) is 0. The second-order valence-electron chi connectivity index (χ2n) is 6.16. The van der Waals surface area contributed by atoms with Crippen molar-refractivity contribution in [3.63, 3.8) is 0 Å². The summed E-state index contributed by atoms with van der Waals surface area (Å²) in [5.41, 5.74) is 1.29. The molecule has 2 saturated heterocycles. The first kappa shape index (κ1) is 15.7. The van der Waals surface area contributed by atoms with Gasteiger partial charge in [-0.3, -0.25) is 9.88 Å². The normalized spacial score (nSPS) is 27.1. The molecule has 22 heavy (non-hydrogen) atoms. The van der Waals surface area contributed by atoms with Crippen LogP contribution in [0.15, 0.2) is 37.2 Å². The lowest BCUT2D eigenvalue weighted by Crippen LogP contribution is -2.46. The molecule has 2 atom stereocenters. The van der Waals surface area contributed by atoms with Crippen LogP contribution in [0.4, 0.5) is 0 Å². The second-order valence-corrected chi connectivity index (χ2v) is 6.16. The van der Waals surface area contributed by atoms with E-state index in [2.05, 4.69) is 22.5 Å². The van der Waals surface area contributed by atoms with Gasteiger partial charge >= 0.3 is 0 Å². The van der Waals surface area contributed by atoms with Gasteiger partial charge in [-0.25, -0.2) is 0 Å². The van der Waals surface area contributed by atoms with Crippen molar-refractivity contribution in [3.05, 3.63) is 42.7 Å². The van der Waals surface area contributed by atoms with E-state index >= 15 is 0 Å². The first-order chi connectivity index (χ1) is 10.9. The third kappa shape index (κ3) is 3.75. The molecular weight excluding hydrogens is 276 g/mol. The summed E-state index contributed by atoms with van der Waals surface area (Å²) < 4.78 is 11.6. The highest BCUT2D eigenvalue weighted by Crippen LogP contribution is 2.29. The van der Waals surface area contributed by atoms with Gasteiger partial charge in [-0.1, -0.05) is 12.1 Å². The average molecular weight is 302 g/mol. The second kappa shape index (κ2) is 7.86. The molecule has 0 aliphatic carbocycles. The molecule has 0 unspecified atom stereocenters. The summed E-state index contributed by atoms with van der Waals surface area (Å²) in [7, 11) is 0. The van der Waals surface area contributed by atoms with Gasteiger partial charge in [0.25, 0.3) is 0 Å². The highest BCUT2D eigenvalue weighted by atomic mass is 16.5. The Bertz CT molecular complexity index is 459. The van der Waals surface area contributed by atoms with Crippen LogP contribution < -0.4 is 0 Å². The van der Waals surface area contributed by atoms with Crippen LogP contribution in [0.2, 0.25) is 0 Å². The molecular formula is C18H26N2O2. The Balaban J connectivity index is 1.71. The largest absolute Gasteiger partial charge is 0.381 e. The van der Waals surface area contributed by atoms with E-state index in [9.17, 15) is 0 Å². The molecule has 4 nitrogen and oxygen atoms in total. The first-order valence-corrected chi connectivity index (χ1v) is 8.33. The van der Waals surface area contributed by atoms with Crippen molar-refractivity contribution in [2.24, 2.45) is 0 Å². The van der Waals surface area contributed by atoms with Gasteiger partial charge in [0.15, 0.2) is 0 Å². The summed E-state index contributed by atoms with van der Waals surface area (Å²) in [6.07, 6.45) is 10.3. The van der Waals surface area contributed by atoms with Crippen molar-refractivity contribution in [2.75, 3.05) is 26.4 Å². The summed E-state index contributed by atoms with van der Waals surface area (Å²) in [6, 6.07) is 5.25. The molecule has 2 fully saturated rings. The van der Waals surface area contributed by atoms with Crippen molar-refractivity contribution in [1.82, 2.24) is 9.88 Å². The van der Waals surface area contributed by atoms with Gasteiger partial charge < -0.3 is 9.47 Å². The lowest BCUT2D eigenvalue weighted by molar-refractivity contribution is 0.000514. The third-order valence-corrected chi connectivity index (χ3v) is 4.78. The van der Waals surface area contributed by atoms with Crippen molar-refractivity contribution in [3.8, 4) is 0 Å². The van der Waals surface area contributed by atoms with Crippen molar-refractivity contribution < 1.29 is 9.47 Å². The number of nitrogens with zero attached hydrogens (tertiary/aromatic N) is 2. The third-order valence-electron chi connectivity index (χ3n) is 4.78. The number of likely N-dealkylation sites (tertiary alicyclic amines) is 1. The highest BCUT2D eigenvalue weighted by molar-refractivity contribution is 5.12. The molecule has 0 spiro atoms. The fourth-order valence-electron chi connectivity index (χ4n) is 3.71. The summed E-state index contributed by atoms with van der Waals surface area (Å²) in [5.74, 6) is 0. The predicted octanol–water partition coefficient (Wildman–Crippen LogP) is 2.45. The first-order valence-electron chi connectivity index (χ1n) is 8.33. The molecule has 2 aliphatic heterocycles. The Hall–Kier alpha value is -1.23. The van der Waals surface area contributed by atoms with Crippen LogP contribution in [-0.2, 0) is 15.9 Å². The Kier molecular flexibility index (Phi) is 5.59.